The minimum absolute atomic E-state index is 0.157. The molecule has 65 heavy (non-hydrogen) atoms. The number of aliphatic hydroxyl groups is 9. The number of Topliss-reactive ketones (excluding diaryl/α,β-unsaturated/α-hetero) is 1. The van der Waals surface area contributed by atoms with Gasteiger partial charge in [-0.2, -0.15) is 0 Å². The van der Waals surface area contributed by atoms with Crippen LogP contribution in [0.3, 0.4) is 0 Å². The third-order valence-corrected chi connectivity index (χ3v) is 12.8. The molecule has 0 spiro atoms. The van der Waals surface area contributed by atoms with E-state index in [1.54, 1.807) is 49.5 Å². The monoisotopic (exact) mass is 926 g/mol. The number of hydrogen-bond acceptors (Lipinski definition) is 18. The van der Waals surface area contributed by atoms with Crippen molar-refractivity contribution >= 4 is 11.8 Å². The molecule has 6 unspecified atom stereocenters. The van der Waals surface area contributed by atoms with Gasteiger partial charge >= 0.3 is 5.97 Å². The first kappa shape index (κ1) is 54.8. The molecular formula is C47H74O18. The average molecular weight is 927 g/mol. The molecule has 4 heterocycles. The number of ether oxygens (including phenoxy) is 7. The molecule has 4 rings (SSSR count). The van der Waals surface area contributed by atoms with Crippen LogP contribution in [-0.4, -0.2) is 174 Å². The Morgan fingerprint density at radius 3 is 2.00 bits per heavy atom. The molecule has 18 heteroatoms. The average Bonchev–Trinajstić information content (AvgIpc) is 3.23. The van der Waals surface area contributed by atoms with Gasteiger partial charge in [-0.1, -0.05) is 81.5 Å². The van der Waals surface area contributed by atoms with Gasteiger partial charge in [-0.15, -0.1) is 0 Å². The zero-order valence-electron chi connectivity index (χ0n) is 38.5. The quantitative estimate of drug-likeness (QED) is 0.170. The van der Waals surface area contributed by atoms with E-state index in [0.717, 1.165) is 0 Å². The predicted octanol–water partition coefficient (Wildman–Crippen LogP) is 1.31. The van der Waals surface area contributed by atoms with Gasteiger partial charge in [0.1, 0.15) is 42.2 Å². The Morgan fingerprint density at radius 2 is 1.38 bits per heavy atom. The lowest BCUT2D eigenvalue weighted by Gasteiger charge is -2.49. The molecule has 0 radical (unpaired) electrons. The van der Waals surface area contributed by atoms with Crippen LogP contribution in [0.5, 0.6) is 0 Å². The van der Waals surface area contributed by atoms with Gasteiger partial charge in [-0.05, 0) is 33.6 Å². The van der Waals surface area contributed by atoms with E-state index in [1.165, 1.54) is 21.0 Å². The first-order valence-corrected chi connectivity index (χ1v) is 22.7. The highest BCUT2D eigenvalue weighted by Gasteiger charge is 2.54. The maximum absolute atomic E-state index is 13.2. The molecular weight excluding hydrogens is 852 g/mol. The Morgan fingerprint density at radius 1 is 0.754 bits per heavy atom. The number of hydrogen-bond donors (Lipinski definition) is 9. The third kappa shape index (κ3) is 15.4. The standard InChI is InChI=1S/C47H74O18/c1-8-35-27(3)43(64-39-23-34(51)44(59-7)29(5)60-39)26(2)17-15-13-11-9-10-12-14-16-18-31(62-45-42(56)41(55)40(54)28(4)61-45)22-37-46(6,57)36(52)25-47(58,65-37)24-30(48)21-33(50)32(49)19-20-38(53)63-35/h9-18,26-32,34-37,39-45,48-49,51-52,54-58H,8,19-25H2,1-7H3/b10-9+,13-11+,14-12+,17-15+,18-16+/t26?,27?,28-,29+,30+,31?,32-,34-,35?,36+,37?,39+,40-,41+,42+,43?,44+,45+,46+,47-/m1/s1. The Balaban J connectivity index is 1.62. The SMILES string of the molecule is CCC1OC(=O)CC[C@@H](O)C(=O)C[C@H](O)C[C@]2(O)C[C@H](O)[C@](C)(O)C(CC(O[C@@H]3O[C@H](C)[C@@H](O)[C@H](O)[C@@H]3O)/C=C/C=C/C=C/C=C/C=C/C(C)C(O[C@H]3C[C@@H](O)[C@@H](OC)[C@H](C)O3)C1C)O2. The topological polar surface area (TPSA) is 281 Å². The summed E-state index contributed by atoms with van der Waals surface area (Å²) in [6, 6.07) is 0. The number of ketones is 1. The summed E-state index contributed by atoms with van der Waals surface area (Å²) in [5.41, 5.74) is -1.98. The summed E-state index contributed by atoms with van der Waals surface area (Å²) in [6.07, 6.45) is -2.86. The summed E-state index contributed by atoms with van der Waals surface area (Å²) in [5.74, 6) is -4.40. The molecule has 3 fully saturated rings. The van der Waals surface area contributed by atoms with Gasteiger partial charge < -0.3 is 79.1 Å². The van der Waals surface area contributed by atoms with Crippen LogP contribution in [0.15, 0.2) is 60.8 Å². The van der Waals surface area contributed by atoms with Crippen molar-refractivity contribution in [3.8, 4) is 0 Å². The molecule has 0 aliphatic carbocycles. The molecule has 0 aromatic heterocycles. The van der Waals surface area contributed by atoms with Gasteiger partial charge in [-0.3, -0.25) is 9.59 Å². The number of allylic oxidation sites excluding steroid dienone is 8. The van der Waals surface area contributed by atoms with E-state index in [9.17, 15) is 55.5 Å². The van der Waals surface area contributed by atoms with Crippen LogP contribution in [0, 0.1) is 11.8 Å². The Labute approximate surface area is 381 Å². The number of carbonyl (C=O) groups is 2. The van der Waals surface area contributed by atoms with Gasteiger partial charge in [-0.25, -0.2) is 0 Å². The lowest BCUT2D eigenvalue weighted by atomic mass is 9.80. The predicted molar refractivity (Wildman–Crippen MR) is 233 cm³/mol. The second-order valence-electron chi connectivity index (χ2n) is 18.1. The maximum Gasteiger partial charge on any atom is 0.306 e. The Bertz CT molecular complexity index is 1640. The van der Waals surface area contributed by atoms with E-state index in [2.05, 4.69) is 0 Å². The van der Waals surface area contributed by atoms with Gasteiger partial charge in [0, 0.05) is 57.5 Å². The molecule has 20 atom stereocenters. The lowest BCUT2D eigenvalue weighted by molar-refractivity contribution is -0.340. The molecule has 0 aromatic carbocycles. The summed E-state index contributed by atoms with van der Waals surface area (Å²) >= 11 is 0. The molecule has 18 nitrogen and oxygen atoms in total. The summed E-state index contributed by atoms with van der Waals surface area (Å²) < 4.78 is 41.6. The minimum Gasteiger partial charge on any atom is -0.462 e. The van der Waals surface area contributed by atoms with Crippen molar-refractivity contribution in [3.05, 3.63) is 60.8 Å². The summed E-state index contributed by atoms with van der Waals surface area (Å²) in [4.78, 5) is 26.3. The zero-order valence-corrected chi connectivity index (χ0v) is 38.5. The van der Waals surface area contributed by atoms with Crippen molar-refractivity contribution in [1.29, 1.82) is 0 Å². The van der Waals surface area contributed by atoms with Gasteiger partial charge in [0.25, 0.3) is 0 Å². The highest BCUT2D eigenvalue weighted by Crippen LogP contribution is 2.40. The molecule has 4 aliphatic heterocycles. The fraction of sp³-hybridized carbons (Fsp3) is 0.745. The number of aliphatic hydroxyl groups excluding tert-OH is 7. The summed E-state index contributed by atoms with van der Waals surface area (Å²) in [6.45, 7) is 10.3. The van der Waals surface area contributed by atoms with Crippen molar-refractivity contribution in [2.45, 2.75) is 202 Å². The number of esters is 1. The van der Waals surface area contributed by atoms with Crippen LogP contribution < -0.4 is 0 Å². The van der Waals surface area contributed by atoms with Crippen LogP contribution >= 0.6 is 0 Å². The third-order valence-electron chi connectivity index (χ3n) is 12.8. The van der Waals surface area contributed by atoms with E-state index in [-0.39, 0.29) is 31.6 Å². The first-order chi connectivity index (χ1) is 30.6. The van der Waals surface area contributed by atoms with Gasteiger partial charge in [0.2, 0.25) is 0 Å². The van der Waals surface area contributed by atoms with E-state index >= 15 is 0 Å². The molecule has 370 valence electrons. The number of cyclic esters (lactones) is 1. The lowest BCUT2D eigenvalue weighted by Crippen LogP contribution is -2.63. The number of fused-ring (bicyclic) bond motifs is 2. The van der Waals surface area contributed by atoms with Crippen molar-refractivity contribution in [1.82, 2.24) is 0 Å². The van der Waals surface area contributed by atoms with E-state index in [1.807, 2.05) is 39.0 Å². The van der Waals surface area contributed by atoms with Crippen molar-refractivity contribution in [2.75, 3.05) is 7.11 Å². The number of methoxy groups -OCH3 is 1. The van der Waals surface area contributed by atoms with Crippen LogP contribution in [0.4, 0.5) is 0 Å². The maximum atomic E-state index is 13.2. The fourth-order valence-corrected chi connectivity index (χ4v) is 8.76. The van der Waals surface area contributed by atoms with Crippen molar-refractivity contribution < 1.29 is 88.7 Å². The van der Waals surface area contributed by atoms with Gasteiger partial charge in [0.05, 0.1) is 48.8 Å². The molecule has 9 N–H and O–H groups in total. The molecule has 0 saturated carbocycles. The van der Waals surface area contributed by atoms with Crippen molar-refractivity contribution in [2.24, 2.45) is 11.8 Å². The second kappa shape index (κ2) is 25.0. The van der Waals surface area contributed by atoms with Crippen molar-refractivity contribution in [3.63, 3.8) is 0 Å². The highest BCUT2D eigenvalue weighted by molar-refractivity contribution is 5.83. The minimum atomic E-state index is -2.28. The van der Waals surface area contributed by atoms with E-state index < -0.39 is 146 Å². The Hall–Kier alpha value is -2.76. The first-order valence-electron chi connectivity index (χ1n) is 22.7. The molecule has 0 amide bonds. The summed E-state index contributed by atoms with van der Waals surface area (Å²) in [5, 5.41) is 97.9. The Kier molecular flexibility index (Phi) is 21.1. The second-order valence-corrected chi connectivity index (χ2v) is 18.1. The molecule has 2 bridgehead atoms. The summed E-state index contributed by atoms with van der Waals surface area (Å²) in [7, 11) is 1.50. The van der Waals surface area contributed by atoms with Crippen LogP contribution in [0.2, 0.25) is 0 Å². The normalized spacial score (nSPS) is 47.3. The van der Waals surface area contributed by atoms with Gasteiger partial charge in [0.15, 0.2) is 24.2 Å². The molecule has 0 aromatic rings. The molecule has 3 saturated heterocycles. The zero-order chi connectivity index (χ0) is 48.2. The van der Waals surface area contributed by atoms with Crippen LogP contribution in [0.1, 0.15) is 92.9 Å². The number of rotatable bonds is 6. The number of carbonyl (C=O) groups excluding carboxylic acids is 2. The fourth-order valence-electron chi connectivity index (χ4n) is 8.76. The highest BCUT2D eigenvalue weighted by atomic mass is 16.7. The van der Waals surface area contributed by atoms with E-state index in [0.29, 0.717) is 6.42 Å². The smallest absolute Gasteiger partial charge is 0.306 e. The van der Waals surface area contributed by atoms with Crippen LogP contribution in [-0.2, 0) is 42.7 Å². The largest absolute Gasteiger partial charge is 0.462 e. The van der Waals surface area contributed by atoms with E-state index in [4.69, 9.17) is 33.2 Å². The molecule has 4 aliphatic rings. The van der Waals surface area contributed by atoms with Crippen LogP contribution in [0.25, 0.3) is 0 Å².